The quantitative estimate of drug-likeness (QED) is 0.452. The molecule has 0 bridgehead atoms. The van der Waals surface area contributed by atoms with Crippen LogP contribution in [0.25, 0.3) is 21.0 Å². The molecule has 3 nitrogen and oxygen atoms in total. The van der Waals surface area contributed by atoms with E-state index in [1.165, 1.54) is 27.3 Å². The van der Waals surface area contributed by atoms with E-state index >= 15 is 0 Å². The van der Waals surface area contributed by atoms with Crippen LogP contribution in [0.15, 0.2) is 72.1 Å². The van der Waals surface area contributed by atoms with Gasteiger partial charge in [0.2, 0.25) is 5.91 Å². The molecule has 4 aromatic rings. The van der Waals surface area contributed by atoms with Crippen LogP contribution in [0.1, 0.15) is 11.1 Å². The number of amides is 1. The molecule has 0 spiro atoms. The van der Waals surface area contributed by atoms with Crippen LogP contribution in [0.4, 0.5) is 5.13 Å². The molecule has 1 amide bonds. The highest BCUT2D eigenvalue weighted by Crippen LogP contribution is 2.35. The Kier molecular flexibility index (Phi) is 5.14. The number of carbonyl (C=O) groups is 1. The van der Waals surface area contributed by atoms with Crippen molar-refractivity contribution >= 4 is 33.7 Å². The number of rotatable bonds is 5. The third kappa shape index (κ3) is 4.32. The van der Waals surface area contributed by atoms with Crippen LogP contribution in [0.2, 0.25) is 0 Å². The summed E-state index contributed by atoms with van der Waals surface area (Å²) in [6.45, 7) is 2.09. The number of carbonyl (C=O) groups excluding carboxylic acids is 1. The summed E-state index contributed by atoms with van der Waals surface area (Å²) >= 11 is 3.17. The number of hydrogen-bond donors (Lipinski definition) is 1. The fraction of sp³-hybridized carbons (Fsp3) is 0.0909. The number of benzene rings is 2. The van der Waals surface area contributed by atoms with Crippen LogP contribution in [-0.4, -0.2) is 10.9 Å². The largest absolute Gasteiger partial charge is 0.302 e. The van der Waals surface area contributed by atoms with Gasteiger partial charge in [-0.25, -0.2) is 4.98 Å². The van der Waals surface area contributed by atoms with E-state index < -0.39 is 0 Å². The van der Waals surface area contributed by atoms with Gasteiger partial charge in [0.1, 0.15) is 0 Å². The smallest absolute Gasteiger partial charge is 0.230 e. The number of thiazole rings is 1. The molecule has 0 unspecified atom stereocenters. The van der Waals surface area contributed by atoms with E-state index in [1.807, 2.05) is 35.7 Å². The molecule has 5 heteroatoms. The number of anilines is 1. The molecule has 1 N–H and O–H groups in total. The monoisotopic (exact) mass is 390 g/mol. The lowest BCUT2D eigenvalue weighted by Gasteiger charge is -2.01. The van der Waals surface area contributed by atoms with E-state index in [0.29, 0.717) is 11.6 Å². The van der Waals surface area contributed by atoms with E-state index in [0.717, 1.165) is 16.1 Å². The fourth-order valence-electron chi connectivity index (χ4n) is 2.74. The van der Waals surface area contributed by atoms with E-state index in [4.69, 9.17) is 0 Å². The Morgan fingerprint density at radius 1 is 0.963 bits per heavy atom. The summed E-state index contributed by atoms with van der Waals surface area (Å²) in [5, 5.41) is 5.52. The van der Waals surface area contributed by atoms with Crippen molar-refractivity contribution in [2.45, 2.75) is 13.3 Å². The van der Waals surface area contributed by atoms with Crippen molar-refractivity contribution in [3.8, 4) is 21.0 Å². The third-order valence-corrected chi connectivity index (χ3v) is 6.07. The zero-order chi connectivity index (χ0) is 18.6. The van der Waals surface area contributed by atoms with Gasteiger partial charge >= 0.3 is 0 Å². The molecule has 0 atom stereocenters. The number of aryl methyl sites for hydroxylation is 1. The first-order chi connectivity index (χ1) is 13.2. The first kappa shape index (κ1) is 17.6. The van der Waals surface area contributed by atoms with E-state index in [2.05, 4.69) is 53.6 Å². The van der Waals surface area contributed by atoms with E-state index in [-0.39, 0.29) is 5.91 Å². The minimum Gasteiger partial charge on any atom is -0.302 e. The molecule has 0 radical (unpaired) electrons. The van der Waals surface area contributed by atoms with Crippen molar-refractivity contribution in [2.75, 3.05) is 5.32 Å². The van der Waals surface area contributed by atoms with Crippen molar-refractivity contribution in [3.05, 3.63) is 83.2 Å². The van der Waals surface area contributed by atoms with Crippen molar-refractivity contribution in [3.63, 3.8) is 0 Å². The lowest BCUT2D eigenvalue weighted by Crippen LogP contribution is -2.14. The lowest BCUT2D eigenvalue weighted by atomic mass is 10.1. The average Bonchev–Trinajstić information content (AvgIpc) is 3.32. The summed E-state index contributed by atoms with van der Waals surface area (Å²) in [7, 11) is 0. The molecule has 0 aliphatic carbocycles. The topological polar surface area (TPSA) is 42.0 Å². The summed E-state index contributed by atoms with van der Waals surface area (Å²) in [6, 6.07) is 22.5. The Labute approximate surface area is 166 Å². The van der Waals surface area contributed by atoms with Gasteiger partial charge in [0.25, 0.3) is 0 Å². The minimum atomic E-state index is -0.0476. The van der Waals surface area contributed by atoms with Gasteiger partial charge in [-0.05, 0) is 30.2 Å². The molecule has 4 rings (SSSR count). The van der Waals surface area contributed by atoms with Gasteiger partial charge < -0.3 is 5.32 Å². The zero-order valence-corrected chi connectivity index (χ0v) is 16.4. The molecule has 0 aliphatic rings. The molecule has 2 heterocycles. The molecular weight excluding hydrogens is 372 g/mol. The van der Waals surface area contributed by atoms with E-state index in [9.17, 15) is 4.79 Å². The van der Waals surface area contributed by atoms with Crippen LogP contribution >= 0.6 is 22.7 Å². The number of aromatic nitrogens is 1. The highest BCUT2D eigenvalue weighted by atomic mass is 32.1. The molecule has 0 saturated heterocycles. The predicted molar refractivity (Wildman–Crippen MR) is 114 cm³/mol. The fourth-order valence-corrected chi connectivity index (χ4v) is 4.51. The van der Waals surface area contributed by atoms with Crippen LogP contribution in [0, 0.1) is 6.92 Å². The lowest BCUT2D eigenvalue weighted by molar-refractivity contribution is -0.115. The molecular formula is C22H18N2OS2. The maximum Gasteiger partial charge on any atom is 0.230 e. The SMILES string of the molecule is Cc1ccc(-c2ccc(-c3csc(NC(=O)Cc4ccccc4)n3)s2)cc1. The molecule has 27 heavy (non-hydrogen) atoms. The maximum atomic E-state index is 12.2. The Balaban J connectivity index is 1.45. The summed E-state index contributed by atoms with van der Waals surface area (Å²) in [6.07, 6.45) is 0.353. The average molecular weight is 391 g/mol. The van der Waals surface area contributed by atoms with Crippen molar-refractivity contribution < 1.29 is 4.79 Å². The first-order valence-corrected chi connectivity index (χ1v) is 10.3. The van der Waals surface area contributed by atoms with Crippen LogP contribution in [0.3, 0.4) is 0 Å². The van der Waals surface area contributed by atoms with Gasteiger partial charge in [0.05, 0.1) is 17.0 Å². The Bertz CT molecular complexity index is 1050. The van der Waals surface area contributed by atoms with E-state index in [1.54, 1.807) is 11.3 Å². The predicted octanol–water partition coefficient (Wildman–Crippen LogP) is 6.03. The first-order valence-electron chi connectivity index (χ1n) is 8.64. The summed E-state index contributed by atoms with van der Waals surface area (Å²) in [4.78, 5) is 19.1. The van der Waals surface area contributed by atoms with Gasteiger partial charge in [0.15, 0.2) is 5.13 Å². The van der Waals surface area contributed by atoms with Crippen LogP contribution < -0.4 is 5.32 Å². The van der Waals surface area contributed by atoms with Gasteiger partial charge in [-0.1, -0.05) is 60.2 Å². The highest BCUT2D eigenvalue weighted by molar-refractivity contribution is 7.19. The van der Waals surface area contributed by atoms with Crippen molar-refractivity contribution in [1.29, 1.82) is 0 Å². The Morgan fingerprint density at radius 3 is 2.48 bits per heavy atom. The standard InChI is InChI=1S/C22H18N2OS2/c1-15-7-9-17(10-8-15)19-11-12-20(27-19)18-14-26-22(23-18)24-21(25)13-16-5-3-2-4-6-16/h2-12,14H,13H2,1H3,(H,23,24,25). The van der Waals surface area contributed by atoms with Crippen LogP contribution in [-0.2, 0) is 11.2 Å². The number of thiophene rings is 1. The second kappa shape index (κ2) is 7.86. The third-order valence-electron chi connectivity index (χ3n) is 4.15. The second-order valence-corrected chi connectivity index (χ2v) is 8.22. The summed E-state index contributed by atoms with van der Waals surface area (Å²) < 4.78 is 0. The number of nitrogens with zero attached hydrogens (tertiary/aromatic N) is 1. The molecule has 0 fully saturated rings. The van der Waals surface area contributed by atoms with Gasteiger partial charge in [-0.2, -0.15) is 0 Å². The number of nitrogens with one attached hydrogen (secondary N) is 1. The maximum absolute atomic E-state index is 12.2. The Morgan fingerprint density at radius 2 is 1.70 bits per heavy atom. The second-order valence-electron chi connectivity index (χ2n) is 6.28. The molecule has 0 saturated carbocycles. The molecule has 134 valence electrons. The zero-order valence-electron chi connectivity index (χ0n) is 14.8. The van der Waals surface area contributed by atoms with Gasteiger partial charge in [-0.15, -0.1) is 22.7 Å². The van der Waals surface area contributed by atoms with Crippen LogP contribution in [0.5, 0.6) is 0 Å². The summed E-state index contributed by atoms with van der Waals surface area (Å²) in [5.74, 6) is -0.0476. The Hall–Kier alpha value is -2.76. The highest BCUT2D eigenvalue weighted by Gasteiger charge is 2.11. The minimum absolute atomic E-state index is 0.0476. The summed E-state index contributed by atoms with van der Waals surface area (Å²) in [5.41, 5.74) is 4.36. The van der Waals surface area contributed by atoms with Gasteiger partial charge in [0, 0.05) is 10.3 Å². The van der Waals surface area contributed by atoms with Crippen molar-refractivity contribution in [1.82, 2.24) is 4.98 Å². The molecule has 2 aromatic heterocycles. The molecule has 0 aliphatic heterocycles. The number of hydrogen-bond acceptors (Lipinski definition) is 4. The van der Waals surface area contributed by atoms with Gasteiger partial charge in [-0.3, -0.25) is 4.79 Å². The normalized spacial score (nSPS) is 10.7. The molecule has 2 aromatic carbocycles. The van der Waals surface area contributed by atoms with Crippen molar-refractivity contribution in [2.24, 2.45) is 0 Å².